The van der Waals surface area contributed by atoms with Gasteiger partial charge in [-0.05, 0) is 24.3 Å². The molecule has 3 heterocycles. The molecule has 0 saturated heterocycles. The van der Waals surface area contributed by atoms with Gasteiger partial charge in [0.2, 0.25) is 0 Å². The van der Waals surface area contributed by atoms with E-state index in [1.54, 1.807) is 0 Å². The van der Waals surface area contributed by atoms with Crippen molar-refractivity contribution in [2.75, 3.05) is 0 Å². The van der Waals surface area contributed by atoms with Crippen molar-refractivity contribution < 1.29 is 9.15 Å². The van der Waals surface area contributed by atoms with E-state index >= 15 is 0 Å². The Labute approximate surface area is 237 Å². The smallest absolute Gasteiger partial charge is 0.178 e. The number of ether oxygens (including phenoxy) is 1. The van der Waals surface area contributed by atoms with Crippen LogP contribution in [0.3, 0.4) is 0 Å². The van der Waals surface area contributed by atoms with E-state index in [0.29, 0.717) is 5.82 Å². The molecule has 0 aliphatic carbocycles. The van der Waals surface area contributed by atoms with Gasteiger partial charge in [-0.15, -0.1) is 0 Å². The Bertz CT molecular complexity index is 2040. The molecule has 5 aromatic carbocycles. The first kappa shape index (κ1) is 23.6. The van der Waals surface area contributed by atoms with E-state index in [2.05, 4.69) is 68.4 Å². The van der Waals surface area contributed by atoms with Crippen LogP contribution in [0.15, 0.2) is 126 Å². The van der Waals surface area contributed by atoms with E-state index in [-0.39, 0.29) is 5.41 Å². The van der Waals surface area contributed by atoms with E-state index in [9.17, 15) is 0 Å². The Hall–Kier alpha value is -5.22. The second-order valence-electron chi connectivity index (χ2n) is 11.0. The number of furan rings is 1. The van der Waals surface area contributed by atoms with Crippen LogP contribution in [-0.2, 0) is 5.41 Å². The zero-order valence-corrected chi connectivity index (χ0v) is 22.8. The summed E-state index contributed by atoms with van der Waals surface area (Å²) in [7, 11) is 0. The predicted octanol–water partition coefficient (Wildman–Crippen LogP) is 9.81. The van der Waals surface area contributed by atoms with Crippen LogP contribution in [0.4, 0.5) is 0 Å². The maximum Gasteiger partial charge on any atom is 0.178 e. The van der Waals surface area contributed by atoms with Crippen molar-refractivity contribution in [3.8, 4) is 45.4 Å². The van der Waals surface area contributed by atoms with Gasteiger partial charge in [0, 0.05) is 44.0 Å². The first-order valence-electron chi connectivity index (χ1n) is 13.8. The Morgan fingerprint density at radius 1 is 0.561 bits per heavy atom. The number of hydrogen-bond donors (Lipinski definition) is 0. The third kappa shape index (κ3) is 3.75. The molecule has 0 N–H and O–H groups in total. The number of hydrogen-bond acceptors (Lipinski definition) is 4. The monoisotopic (exact) mass is 530 g/mol. The van der Waals surface area contributed by atoms with Crippen molar-refractivity contribution >= 4 is 21.9 Å². The highest BCUT2D eigenvalue weighted by atomic mass is 16.5. The van der Waals surface area contributed by atoms with Crippen LogP contribution < -0.4 is 4.74 Å². The first-order valence-corrected chi connectivity index (χ1v) is 13.8. The fraction of sp³-hybridized carbons (Fsp3) is 0.0811. The first-order chi connectivity index (χ1) is 20.1. The molecule has 0 fully saturated rings. The topological polar surface area (TPSA) is 48.2 Å². The molecule has 7 aromatic rings. The number of benzene rings is 5. The molecule has 1 aliphatic rings. The highest BCUT2D eigenvalue weighted by Crippen LogP contribution is 2.52. The molecule has 0 radical (unpaired) electrons. The number of rotatable bonds is 3. The fourth-order valence-corrected chi connectivity index (χ4v) is 5.96. The number of nitrogens with zero attached hydrogens (tertiary/aromatic N) is 2. The lowest BCUT2D eigenvalue weighted by molar-refractivity contribution is 0.415. The van der Waals surface area contributed by atoms with Crippen LogP contribution in [0.2, 0.25) is 0 Å². The normalized spacial score (nSPS) is 13.5. The van der Waals surface area contributed by atoms with Crippen LogP contribution in [0, 0.1) is 0 Å². The summed E-state index contributed by atoms with van der Waals surface area (Å²) in [5, 5.41) is 2.15. The molecule has 41 heavy (non-hydrogen) atoms. The summed E-state index contributed by atoms with van der Waals surface area (Å²) in [6.07, 6.45) is 0. The van der Waals surface area contributed by atoms with Crippen molar-refractivity contribution in [1.29, 1.82) is 0 Å². The van der Waals surface area contributed by atoms with E-state index in [4.69, 9.17) is 19.1 Å². The summed E-state index contributed by atoms with van der Waals surface area (Å²) in [6.45, 7) is 4.49. The van der Waals surface area contributed by atoms with Crippen LogP contribution in [0.5, 0.6) is 11.5 Å². The summed E-state index contributed by atoms with van der Waals surface area (Å²) >= 11 is 0. The van der Waals surface area contributed by atoms with Gasteiger partial charge < -0.3 is 9.15 Å². The Kier molecular flexibility index (Phi) is 5.13. The molecule has 1 aliphatic heterocycles. The highest BCUT2D eigenvalue weighted by Gasteiger charge is 2.36. The molecule has 0 saturated carbocycles. The maximum absolute atomic E-state index is 6.71. The van der Waals surface area contributed by atoms with Gasteiger partial charge in [-0.3, -0.25) is 0 Å². The standard InChI is InChI=1S/C37H26N2O2/c1-37(2)28-19-17-25(21-33(28)41-35-29(37)20-18-27-26-15-9-10-16-32(26)40-34(27)35)31-22-30(23-11-5-3-6-12-23)38-36(39-31)24-13-7-4-8-14-24/h3-22H,1-2H3. The number of para-hydroxylation sites is 1. The van der Waals surface area contributed by atoms with Crippen LogP contribution in [0.25, 0.3) is 55.8 Å². The molecule has 196 valence electrons. The number of aromatic nitrogens is 2. The SMILES string of the molecule is CC1(C)c2ccc(-c3cc(-c4ccccc4)nc(-c4ccccc4)n3)cc2Oc2c1ccc1c2oc2ccccc21. The largest absolute Gasteiger partial charge is 0.453 e. The molecule has 4 nitrogen and oxygen atoms in total. The second-order valence-corrected chi connectivity index (χ2v) is 11.0. The van der Waals surface area contributed by atoms with Gasteiger partial charge in [0.25, 0.3) is 0 Å². The van der Waals surface area contributed by atoms with E-state index < -0.39 is 0 Å². The van der Waals surface area contributed by atoms with E-state index in [0.717, 1.165) is 72.6 Å². The van der Waals surface area contributed by atoms with Crippen LogP contribution in [0.1, 0.15) is 25.0 Å². The Morgan fingerprint density at radius 2 is 1.22 bits per heavy atom. The van der Waals surface area contributed by atoms with Gasteiger partial charge in [0.05, 0.1) is 11.4 Å². The van der Waals surface area contributed by atoms with Gasteiger partial charge in [-0.1, -0.05) is 111 Å². The van der Waals surface area contributed by atoms with Gasteiger partial charge in [-0.25, -0.2) is 9.97 Å². The summed E-state index contributed by atoms with van der Waals surface area (Å²) in [5.74, 6) is 2.29. The minimum atomic E-state index is -0.273. The zero-order valence-electron chi connectivity index (χ0n) is 22.8. The molecule has 2 aromatic heterocycles. The molecular formula is C37H26N2O2. The summed E-state index contributed by atoms with van der Waals surface area (Å²) in [6, 6.07) is 41.3. The quantitative estimate of drug-likeness (QED) is 0.228. The minimum absolute atomic E-state index is 0.273. The molecule has 4 heteroatoms. The molecule has 0 unspecified atom stereocenters. The average molecular weight is 531 g/mol. The summed E-state index contributed by atoms with van der Waals surface area (Å²) in [5.41, 5.74) is 8.33. The second kappa shape index (κ2) is 8.90. The van der Waals surface area contributed by atoms with Crippen LogP contribution in [-0.4, -0.2) is 9.97 Å². The molecule has 8 rings (SSSR count). The lowest BCUT2D eigenvalue weighted by Gasteiger charge is -2.34. The average Bonchev–Trinajstić information content (AvgIpc) is 3.41. The third-order valence-electron chi connectivity index (χ3n) is 8.17. The highest BCUT2D eigenvalue weighted by molar-refractivity contribution is 6.07. The number of fused-ring (bicyclic) bond motifs is 6. The third-order valence-corrected chi connectivity index (χ3v) is 8.17. The van der Waals surface area contributed by atoms with E-state index in [1.807, 2.05) is 66.7 Å². The maximum atomic E-state index is 6.71. The Morgan fingerprint density at radius 3 is 2.00 bits per heavy atom. The molecular weight excluding hydrogens is 504 g/mol. The zero-order chi connectivity index (χ0) is 27.6. The molecule has 0 atom stereocenters. The van der Waals surface area contributed by atoms with Gasteiger partial charge in [-0.2, -0.15) is 0 Å². The van der Waals surface area contributed by atoms with Gasteiger partial charge in [0.1, 0.15) is 11.3 Å². The minimum Gasteiger partial charge on any atom is -0.453 e. The lowest BCUT2D eigenvalue weighted by atomic mass is 9.75. The summed E-state index contributed by atoms with van der Waals surface area (Å²) < 4.78 is 13.1. The van der Waals surface area contributed by atoms with Gasteiger partial charge >= 0.3 is 0 Å². The van der Waals surface area contributed by atoms with Crippen LogP contribution >= 0.6 is 0 Å². The van der Waals surface area contributed by atoms with Crippen molar-refractivity contribution in [3.05, 3.63) is 132 Å². The summed E-state index contributed by atoms with van der Waals surface area (Å²) in [4.78, 5) is 9.96. The lowest BCUT2D eigenvalue weighted by Crippen LogP contribution is -2.24. The van der Waals surface area contributed by atoms with Crippen molar-refractivity contribution in [1.82, 2.24) is 9.97 Å². The molecule has 0 spiro atoms. The van der Waals surface area contributed by atoms with Crippen molar-refractivity contribution in [3.63, 3.8) is 0 Å². The van der Waals surface area contributed by atoms with Crippen molar-refractivity contribution in [2.24, 2.45) is 0 Å². The Balaban J connectivity index is 1.30. The van der Waals surface area contributed by atoms with Gasteiger partial charge in [0.15, 0.2) is 17.2 Å². The van der Waals surface area contributed by atoms with Crippen molar-refractivity contribution in [2.45, 2.75) is 19.3 Å². The fourth-order valence-electron chi connectivity index (χ4n) is 5.96. The predicted molar refractivity (Wildman–Crippen MR) is 164 cm³/mol. The molecule has 0 bridgehead atoms. The molecule has 0 amide bonds. The van der Waals surface area contributed by atoms with E-state index in [1.165, 1.54) is 0 Å².